The molecule has 1 unspecified atom stereocenters. The lowest BCUT2D eigenvalue weighted by molar-refractivity contribution is 0.112. The summed E-state index contributed by atoms with van der Waals surface area (Å²) in [6.45, 7) is 9.06. The Hall–Kier alpha value is -0.995. The smallest absolute Gasteiger partial charge is 0.0825 e. The zero-order valence-electron chi connectivity index (χ0n) is 12.0. The van der Waals surface area contributed by atoms with Crippen LogP contribution in [-0.2, 0) is 4.74 Å². The fourth-order valence-corrected chi connectivity index (χ4v) is 1.64. The molecule has 1 N–H and O–H groups in total. The van der Waals surface area contributed by atoms with Gasteiger partial charge in [-0.2, -0.15) is 0 Å². The molecule has 0 amide bonds. The molecule has 0 spiro atoms. The van der Waals surface area contributed by atoms with Crippen molar-refractivity contribution in [3.05, 3.63) is 34.9 Å². The molecule has 19 heavy (non-hydrogen) atoms. The summed E-state index contributed by atoms with van der Waals surface area (Å²) in [5.74, 6) is 0. The normalized spacial score (nSPS) is 15.7. The van der Waals surface area contributed by atoms with E-state index in [0.717, 1.165) is 18.1 Å². The van der Waals surface area contributed by atoms with Crippen LogP contribution in [0.15, 0.2) is 29.4 Å². The van der Waals surface area contributed by atoms with E-state index >= 15 is 0 Å². The third-order valence-corrected chi connectivity index (χ3v) is 2.42. The number of halogens is 1. The van der Waals surface area contributed by atoms with Gasteiger partial charge in [0, 0.05) is 18.3 Å². The predicted octanol–water partition coefficient (Wildman–Crippen LogP) is 4.50. The van der Waals surface area contributed by atoms with E-state index in [1.807, 2.05) is 38.1 Å². The molecule has 2 rings (SSSR count). The largest absolute Gasteiger partial charge is 0.411 e. The van der Waals surface area contributed by atoms with Gasteiger partial charge in [0.1, 0.15) is 0 Å². The maximum absolute atomic E-state index is 7.08. The quantitative estimate of drug-likeness (QED) is 0.357. The van der Waals surface area contributed by atoms with Crippen LogP contribution in [0.25, 0.3) is 0 Å². The summed E-state index contributed by atoms with van der Waals surface area (Å²) in [5, 5.41) is 10.1. The van der Waals surface area contributed by atoms with Gasteiger partial charge in [-0.1, -0.05) is 44.4 Å². The van der Waals surface area contributed by atoms with Crippen LogP contribution >= 0.6 is 11.6 Å². The minimum atomic E-state index is 0.308. The van der Waals surface area contributed by atoms with Crippen molar-refractivity contribution in [3.63, 3.8) is 0 Å². The molecule has 1 atom stereocenters. The third-order valence-electron chi connectivity index (χ3n) is 2.17. The molecule has 106 valence electrons. The van der Waals surface area contributed by atoms with Crippen LogP contribution in [0.2, 0.25) is 11.8 Å². The number of ether oxygens (including phenoxy) is 1. The van der Waals surface area contributed by atoms with Crippen LogP contribution in [0, 0.1) is 0 Å². The minimum absolute atomic E-state index is 0.308. The second kappa shape index (κ2) is 15.1. The highest BCUT2D eigenvalue weighted by molar-refractivity contribution is 6.30. The fraction of sp³-hybridized carbons (Fsp3) is 0.500. The molecule has 5 heteroatoms. The Morgan fingerprint density at radius 2 is 1.79 bits per heavy atom. The Morgan fingerprint density at radius 1 is 1.32 bits per heavy atom. The summed E-state index contributed by atoms with van der Waals surface area (Å²) in [4.78, 5) is 0. The molecule has 3 nitrogen and oxygen atoms in total. The van der Waals surface area contributed by atoms with E-state index in [0.29, 0.717) is 6.10 Å². The predicted molar refractivity (Wildman–Crippen MR) is 83.7 cm³/mol. The molecule has 1 fully saturated rings. The lowest BCUT2D eigenvalue weighted by Gasteiger charge is -2.08. The second-order valence-electron chi connectivity index (χ2n) is 3.19. The van der Waals surface area contributed by atoms with Crippen LogP contribution in [0.3, 0.4) is 0 Å². The van der Waals surface area contributed by atoms with Gasteiger partial charge in [0.05, 0.1) is 14.0 Å². The molecule has 0 saturated carbocycles. The van der Waals surface area contributed by atoms with Gasteiger partial charge in [0.15, 0.2) is 0 Å². The standard InChI is InChI=1S/C10H11ClO.C2H6.CH3B.CH3NO/c11-9-5-3-8(4-6-9)10-2-1-7-12-10;2*1-2;1-2-3/h3-6,10H,1-2,7H2;1-2H3;1H3;3H,1H2. The third kappa shape index (κ3) is 9.57. The van der Waals surface area contributed by atoms with Crippen molar-refractivity contribution in [1.82, 2.24) is 0 Å². The van der Waals surface area contributed by atoms with E-state index in [4.69, 9.17) is 21.5 Å². The zero-order valence-corrected chi connectivity index (χ0v) is 12.7. The Balaban J connectivity index is 0. The first-order valence-electron chi connectivity index (χ1n) is 6.33. The van der Waals surface area contributed by atoms with Crippen molar-refractivity contribution in [2.45, 2.75) is 39.6 Å². The highest BCUT2D eigenvalue weighted by Crippen LogP contribution is 2.28. The summed E-state index contributed by atoms with van der Waals surface area (Å²) in [7, 11) is 4.50. The topological polar surface area (TPSA) is 41.8 Å². The van der Waals surface area contributed by atoms with Crippen molar-refractivity contribution >= 4 is 26.2 Å². The monoisotopic (exact) mass is 283 g/mol. The molecule has 0 aliphatic carbocycles. The van der Waals surface area contributed by atoms with Gasteiger partial charge in [-0.25, -0.2) is 0 Å². The average molecular weight is 284 g/mol. The van der Waals surface area contributed by atoms with Gasteiger partial charge >= 0.3 is 0 Å². The van der Waals surface area contributed by atoms with E-state index in [2.05, 4.69) is 19.7 Å². The van der Waals surface area contributed by atoms with E-state index < -0.39 is 0 Å². The molecule has 1 aliphatic heterocycles. The number of oxime groups is 1. The van der Waals surface area contributed by atoms with Gasteiger partial charge in [-0.15, -0.1) is 5.16 Å². The van der Waals surface area contributed by atoms with Crippen molar-refractivity contribution in [1.29, 1.82) is 0 Å². The summed E-state index contributed by atoms with van der Waals surface area (Å²) in [5.41, 5.74) is 1.25. The fourth-order valence-electron chi connectivity index (χ4n) is 1.52. The summed E-state index contributed by atoms with van der Waals surface area (Å²) in [6.07, 6.45) is 2.62. The number of hydrogen-bond donors (Lipinski definition) is 1. The number of hydrogen-bond acceptors (Lipinski definition) is 3. The molecule has 1 aromatic carbocycles. The highest BCUT2D eigenvalue weighted by Gasteiger charge is 2.16. The van der Waals surface area contributed by atoms with Crippen molar-refractivity contribution < 1.29 is 9.94 Å². The summed E-state index contributed by atoms with van der Waals surface area (Å²) >= 11 is 5.78. The lowest BCUT2D eigenvalue weighted by Crippen LogP contribution is -1.94. The summed E-state index contributed by atoms with van der Waals surface area (Å²) in [6, 6.07) is 7.91. The van der Waals surface area contributed by atoms with E-state index in [9.17, 15) is 0 Å². The van der Waals surface area contributed by atoms with Crippen LogP contribution in [0.1, 0.15) is 38.4 Å². The highest BCUT2D eigenvalue weighted by atomic mass is 35.5. The summed E-state index contributed by atoms with van der Waals surface area (Å²) < 4.78 is 5.54. The first-order valence-corrected chi connectivity index (χ1v) is 6.70. The average Bonchev–Trinajstić information content (AvgIpc) is 2.99. The Kier molecular flexibility index (Phi) is 16.1. The molecule has 2 radical (unpaired) electrons. The van der Waals surface area contributed by atoms with Gasteiger partial charge < -0.3 is 9.94 Å². The molecule has 0 aromatic heterocycles. The Bertz CT molecular complexity index is 301. The van der Waals surface area contributed by atoms with E-state index in [1.165, 1.54) is 18.8 Å². The number of benzene rings is 1. The van der Waals surface area contributed by atoms with E-state index in [-0.39, 0.29) is 0 Å². The molecule has 1 aliphatic rings. The van der Waals surface area contributed by atoms with Gasteiger partial charge in [0.2, 0.25) is 0 Å². The molecular formula is C14H23BClNO2. The van der Waals surface area contributed by atoms with E-state index in [1.54, 1.807) is 0 Å². The first-order chi connectivity index (χ1) is 9.27. The van der Waals surface area contributed by atoms with Crippen molar-refractivity contribution in [3.8, 4) is 0 Å². The minimum Gasteiger partial charge on any atom is -0.411 e. The Labute approximate surface area is 123 Å². The number of rotatable bonds is 1. The molecule has 1 heterocycles. The van der Waals surface area contributed by atoms with Gasteiger partial charge in [0.25, 0.3) is 0 Å². The number of nitrogens with zero attached hydrogens (tertiary/aromatic N) is 1. The SMILES string of the molecule is C=NO.CC.Clc1ccc(C2CCCO2)cc1.[B]C. The first kappa shape index (κ1) is 20.3. The maximum atomic E-state index is 7.08. The molecule has 1 saturated heterocycles. The van der Waals surface area contributed by atoms with Crippen molar-refractivity contribution in [2.75, 3.05) is 6.61 Å². The van der Waals surface area contributed by atoms with Crippen LogP contribution < -0.4 is 0 Å². The zero-order chi connectivity index (χ0) is 15.1. The molecule has 0 bridgehead atoms. The van der Waals surface area contributed by atoms with Crippen molar-refractivity contribution in [2.24, 2.45) is 5.16 Å². The van der Waals surface area contributed by atoms with Crippen LogP contribution in [0.4, 0.5) is 0 Å². The maximum Gasteiger partial charge on any atom is 0.0825 e. The molecular weight excluding hydrogens is 260 g/mol. The van der Waals surface area contributed by atoms with Gasteiger partial charge in [-0.3, -0.25) is 0 Å². The Morgan fingerprint density at radius 3 is 2.16 bits per heavy atom. The second-order valence-corrected chi connectivity index (χ2v) is 3.63. The van der Waals surface area contributed by atoms with Gasteiger partial charge in [-0.05, 0) is 30.5 Å². The van der Waals surface area contributed by atoms with Crippen LogP contribution in [-0.4, -0.2) is 26.4 Å². The lowest BCUT2D eigenvalue weighted by atomic mass is 10.1. The molecule has 1 aromatic rings. The van der Waals surface area contributed by atoms with Crippen LogP contribution in [0.5, 0.6) is 0 Å².